The number of esters is 1. The normalized spacial score (nSPS) is 11.2. The molecule has 0 aliphatic rings. The van der Waals surface area contributed by atoms with Gasteiger partial charge in [0.1, 0.15) is 10.5 Å². The molecular weight excluding hydrogens is 266 g/mol. The molecule has 0 aliphatic heterocycles. The highest BCUT2D eigenvalue weighted by molar-refractivity contribution is 7.13. The number of methoxy groups -OCH3 is 1. The molecule has 0 bridgehead atoms. The summed E-state index contributed by atoms with van der Waals surface area (Å²) >= 11 is 1.24. The first-order valence-corrected chi connectivity index (χ1v) is 7.07. The molecule has 0 aliphatic carbocycles. The molecule has 0 radical (unpaired) electrons. The van der Waals surface area contributed by atoms with E-state index >= 15 is 0 Å². The van der Waals surface area contributed by atoms with Crippen molar-refractivity contribution in [1.29, 1.82) is 0 Å². The van der Waals surface area contributed by atoms with E-state index in [2.05, 4.69) is 15.5 Å². The summed E-state index contributed by atoms with van der Waals surface area (Å²) in [6, 6.07) is 0. The standard InChI is InChI=1S/C12H19N3O3S/c1-5-8-14-15-10(19-8)9(16)13-12(6-2,7-3)11(17)18-4/h5-7H2,1-4H3,(H,13,16). The predicted molar refractivity (Wildman–Crippen MR) is 72.1 cm³/mol. The molecule has 1 rings (SSSR count). The fourth-order valence-electron chi connectivity index (χ4n) is 1.72. The fraction of sp³-hybridized carbons (Fsp3) is 0.667. The van der Waals surface area contributed by atoms with E-state index < -0.39 is 11.5 Å². The minimum Gasteiger partial charge on any atom is -0.467 e. The molecule has 6 nitrogen and oxygen atoms in total. The number of aryl methyl sites for hydroxylation is 1. The van der Waals surface area contributed by atoms with Gasteiger partial charge in [0.2, 0.25) is 5.01 Å². The van der Waals surface area contributed by atoms with E-state index in [9.17, 15) is 9.59 Å². The monoisotopic (exact) mass is 285 g/mol. The Morgan fingerprint density at radius 1 is 1.26 bits per heavy atom. The fourth-order valence-corrected chi connectivity index (χ4v) is 2.40. The van der Waals surface area contributed by atoms with Crippen LogP contribution >= 0.6 is 11.3 Å². The molecule has 0 atom stereocenters. The summed E-state index contributed by atoms with van der Waals surface area (Å²) in [6.45, 7) is 5.61. The molecule has 0 saturated heterocycles. The van der Waals surface area contributed by atoms with E-state index in [1.165, 1.54) is 18.4 Å². The van der Waals surface area contributed by atoms with Gasteiger partial charge in [0.05, 0.1) is 7.11 Å². The van der Waals surface area contributed by atoms with Crippen molar-refractivity contribution in [3.8, 4) is 0 Å². The summed E-state index contributed by atoms with van der Waals surface area (Å²) < 4.78 is 4.77. The molecule has 0 saturated carbocycles. The number of hydrogen-bond donors (Lipinski definition) is 1. The third-order valence-corrected chi connectivity index (χ3v) is 4.17. The van der Waals surface area contributed by atoms with Crippen molar-refractivity contribution in [2.75, 3.05) is 7.11 Å². The van der Waals surface area contributed by atoms with Crippen molar-refractivity contribution in [3.05, 3.63) is 10.0 Å². The minimum atomic E-state index is -0.996. The Morgan fingerprint density at radius 2 is 1.89 bits per heavy atom. The lowest BCUT2D eigenvalue weighted by atomic mass is 9.93. The molecular formula is C12H19N3O3S. The van der Waals surface area contributed by atoms with Gasteiger partial charge in [-0.25, -0.2) is 4.79 Å². The van der Waals surface area contributed by atoms with Crippen LogP contribution in [-0.4, -0.2) is 34.7 Å². The van der Waals surface area contributed by atoms with Crippen molar-refractivity contribution in [3.63, 3.8) is 0 Å². The van der Waals surface area contributed by atoms with Crippen LogP contribution in [0.4, 0.5) is 0 Å². The number of rotatable bonds is 6. The van der Waals surface area contributed by atoms with Crippen molar-refractivity contribution in [2.45, 2.75) is 45.6 Å². The number of hydrogen-bond acceptors (Lipinski definition) is 6. The number of carbonyl (C=O) groups excluding carboxylic acids is 2. The Morgan fingerprint density at radius 3 is 2.32 bits per heavy atom. The van der Waals surface area contributed by atoms with Crippen molar-refractivity contribution in [2.24, 2.45) is 0 Å². The summed E-state index contributed by atoms with van der Waals surface area (Å²) in [4.78, 5) is 24.0. The lowest BCUT2D eigenvalue weighted by Gasteiger charge is -2.29. The average Bonchev–Trinajstić information content (AvgIpc) is 2.92. The molecule has 1 heterocycles. The molecule has 19 heavy (non-hydrogen) atoms. The van der Waals surface area contributed by atoms with Gasteiger partial charge >= 0.3 is 5.97 Å². The number of ether oxygens (including phenoxy) is 1. The number of carbonyl (C=O) groups is 2. The largest absolute Gasteiger partial charge is 0.467 e. The smallest absolute Gasteiger partial charge is 0.331 e. The van der Waals surface area contributed by atoms with Crippen LogP contribution in [0.3, 0.4) is 0 Å². The van der Waals surface area contributed by atoms with Crippen LogP contribution in [-0.2, 0) is 16.0 Å². The van der Waals surface area contributed by atoms with E-state index in [4.69, 9.17) is 4.74 Å². The first kappa shape index (κ1) is 15.6. The highest BCUT2D eigenvalue weighted by Crippen LogP contribution is 2.19. The van der Waals surface area contributed by atoms with E-state index in [-0.39, 0.29) is 10.9 Å². The summed E-state index contributed by atoms with van der Waals surface area (Å²) in [7, 11) is 1.31. The lowest BCUT2D eigenvalue weighted by molar-refractivity contribution is -0.148. The SMILES string of the molecule is CCc1nnc(C(=O)NC(CC)(CC)C(=O)OC)s1. The molecule has 1 amide bonds. The van der Waals surface area contributed by atoms with Gasteiger partial charge in [0.15, 0.2) is 0 Å². The van der Waals surface area contributed by atoms with Crippen LogP contribution in [0.15, 0.2) is 0 Å². The van der Waals surface area contributed by atoms with E-state index in [1.54, 1.807) is 0 Å². The maximum absolute atomic E-state index is 12.1. The van der Waals surface area contributed by atoms with Crippen LogP contribution < -0.4 is 5.32 Å². The van der Waals surface area contributed by atoms with Gasteiger partial charge in [-0.2, -0.15) is 0 Å². The van der Waals surface area contributed by atoms with Gasteiger partial charge < -0.3 is 10.1 Å². The van der Waals surface area contributed by atoms with Crippen molar-refractivity contribution in [1.82, 2.24) is 15.5 Å². The van der Waals surface area contributed by atoms with Crippen molar-refractivity contribution < 1.29 is 14.3 Å². The number of aromatic nitrogens is 2. The summed E-state index contributed by atoms with van der Waals surface area (Å²) in [6.07, 6.45) is 1.65. The van der Waals surface area contributed by atoms with Gasteiger partial charge in [-0.05, 0) is 19.3 Å². The highest BCUT2D eigenvalue weighted by atomic mass is 32.1. The van der Waals surface area contributed by atoms with E-state index in [1.807, 2.05) is 20.8 Å². The summed E-state index contributed by atoms with van der Waals surface area (Å²) in [5.74, 6) is -0.822. The van der Waals surface area contributed by atoms with Crippen LogP contribution in [0, 0.1) is 0 Å². The molecule has 1 aromatic rings. The molecule has 0 unspecified atom stereocenters. The molecule has 1 N–H and O–H groups in total. The molecule has 1 aromatic heterocycles. The molecule has 106 valence electrons. The first-order chi connectivity index (χ1) is 9.02. The Hall–Kier alpha value is -1.50. The number of nitrogens with zero attached hydrogens (tertiary/aromatic N) is 2. The summed E-state index contributed by atoms with van der Waals surface area (Å²) in [5, 5.41) is 11.5. The Balaban J connectivity index is 2.90. The summed E-state index contributed by atoms with van der Waals surface area (Å²) in [5.41, 5.74) is -0.996. The average molecular weight is 285 g/mol. The maximum atomic E-state index is 12.1. The minimum absolute atomic E-state index is 0.270. The van der Waals surface area contributed by atoms with Gasteiger partial charge in [-0.3, -0.25) is 4.79 Å². The van der Waals surface area contributed by atoms with Gasteiger partial charge in [0, 0.05) is 0 Å². The Kier molecular flexibility index (Phi) is 5.41. The van der Waals surface area contributed by atoms with Crippen LogP contribution in [0.2, 0.25) is 0 Å². The van der Waals surface area contributed by atoms with Crippen LogP contribution in [0.5, 0.6) is 0 Å². The Labute approximate surface area is 116 Å². The highest BCUT2D eigenvalue weighted by Gasteiger charge is 2.38. The zero-order chi connectivity index (χ0) is 14.5. The van der Waals surface area contributed by atoms with Gasteiger partial charge in [-0.15, -0.1) is 10.2 Å². The third kappa shape index (κ3) is 3.28. The van der Waals surface area contributed by atoms with Gasteiger partial charge in [0.25, 0.3) is 5.91 Å². The molecule has 0 fully saturated rings. The predicted octanol–water partition coefficient (Wildman–Crippen LogP) is 1.56. The van der Waals surface area contributed by atoms with Crippen molar-refractivity contribution >= 4 is 23.2 Å². The van der Waals surface area contributed by atoms with E-state index in [0.717, 1.165) is 11.4 Å². The molecule has 0 spiro atoms. The lowest BCUT2D eigenvalue weighted by Crippen LogP contribution is -2.54. The Bertz CT molecular complexity index is 455. The second-order valence-electron chi connectivity index (χ2n) is 4.09. The molecule has 7 heteroatoms. The maximum Gasteiger partial charge on any atom is 0.331 e. The zero-order valence-corrected chi connectivity index (χ0v) is 12.5. The van der Waals surface area contributed by atoms with Gasteiger partial charge in [-0.1, -0.05) is 32.1 Å². The van der Waals surface area contributed by atoms with Crippen LogP contribution in [0.1, 0.15) is 48.4 Å². The quantitative estimate of drug-likeness (QED) is 0.802. The first-order valence-electron chi connectivity index (χ1n) is 6.26. The van der Waals surface area contributed by atoms with E-state index in [0.29, 0.717) is 12.8 Å². The second kappa shape index (κ2) is 6.60. The number of nitrogens with one attached hydrogen (secondary N) is 1. The molecule has 0 aromatic carbocycles. The third-order valence-electron chi connectivity index (χ3n) is 3.10. The zero-order valence-electron chi connectivity index (χ0n) is 11.6. The second-order valence-corrected chi connectivity index (χ2v) is 5.15. The van der Waals surface area contributed by atoms with Crippen LogP contribution in [0.25, 0.3) is 0 Å². The topological polar surface area (TPSA) is 81.2 Å². The number of amides is 1.